The molecule has 1 fully saturated rings. The minimum Gasteiger partial charge on any atom is -0.550 e. The van der Waals surface area contributed by atoms with Crippen LogP contribution in [0.15, 0.2) is 42.5 Å². The summed E-state index contributed by atoms with van der Waals surface area (Å²) >= 11 is 0. The molecule has 1 aliphatic carbocycles. The van der Waals surface area contributed by atoms with Crippen molar-refractivity contribution in [3.05, 3.63) is 76.6 Å². The van der Waals surface area contributed by atoms with Crippen molar-refractivity contribution in [1.29, 1.82) is 0 Å². The minimum absolute atomic E-state index is 0. The van der Waals surface area contributed by atoms with Crippen molar-refractivity contribution < 1.29 is 63.2 Å². The maximum absolute atomic E-state index is 13.9. The number of aliphatic hydroxyl groups excluding tert-OH is 2. The van der Waals surface area contributed by atoms with Gasteiger partial charge in [0.25, 0.3) is 5.91 Å². The van der Waals surface area contributed by atoms with Crippen LogP contribution in [0.2, 0.25) is 0 Å². The van der Waals surface area contributed by atoms with Crippen LogP contribution < -0.4 is 40.0 Å². The molecule has 0 aliphatic heterocycles. The number of nitrogens with one attached hydrogen (secondary N) is 1. The van der Waals surface area contributed by atoms with Crippen molar-refractivity contribution in [3.8, 4) is 11.4 Å². The quantitative estimate of drug-likeness (QED) is 0.264. The number of hydrogen-bond donors (Lipinski definition) is 3. The molecule has 0 spiro atoms. The molecule has 0 saturated heterocycles. The Hall–Kier alpha value is -2.63. The fourth-order valence-electron chi connectivity index (χ4n) is 4.45. The van der Waals surface area contributed by atoms with E-state index in [4.69, 9.17) is 0 Å². The third-order valence-electron chi connectivity index (χ3n) is 6.61. The zero-order valence-corrected chi connectivity index (χ0v) is 24.0. The molecule has 1 amide bonds. The van der Waals surface area contributed by atoms with E-state index in [0.717, 1.165) is 12.8 Å². The molecule has 8 nitrogen and oxygen atoms in total. The summed E-state index contributed by atoms with van der Waals surface area (Å²) in [6.45, 7) is 2.00. The number of carbonyl (C=O) groups is 2. The summed E-state index contributed by atoms with van der Waals surface area (Å²) in [5.74, 6) is -2.11. The third kappa shape index (κ3) is 8.18. The van der Waals surface area contributed by atoms with Crippen LogP contribution in [0.25, 0.3) is 11.4 Å². The van der Waals surface area contributed by atoms with Gasteiger partial charge in [-0.1, -0.05) is 12.1 Å². The summed E-state index contributed by atoms with van der Waals surface area (Å²) in [5, 5.41) is 33.8. The molecular weight excluding hydrogens is 519 g/mol. The van der Waals surface area contributed by atoms with E-state index in [9.17, 15) is 33.7 Å². The summed E-state index contributed by atoms with van der Waals surface area (Å²) in [6, 6.07) is 10.5. The maximum Gasteiger partial charge on any atom is 1.00 e. The second-order valence-corrected chi connectivity index (χ2v) is 9.78. The van der Waals surface area contributed by atoms with Crippen LogP contribution in [-0.4, -0.2) is 43.8 Å². The number of benzene rings is 2. The summed E-state index contributed by atoms with van der Waals surface area (Å²) in [5.41, 5.74) is 2.60. The number of nitrogens with zero attached hydrogens (tertiary/aromatic N) is 2. The van der Waals surface area contributed by atoms with Gasteiger partial charge in [-0.3, -0.25) is 4.79 Å². The smallest absolute Gasteiger partial charge is 0.550 e. The third-order valence-corrected chi connectivity index (χ3v) is 6.61. The van der Waals surface area contributed by atoms with Crippen LogP contribution in [0.3, 0.4) is 0 Å². The number of carboxylic acids is 1. The number of aliphatic hydroxyl groups is 2. The number of amides is 1. The molecule has 0 bridgehead atoms. The first-order valence-corrected chi connectivity index (χ1v) is 12.6. The van der Waals surface area contributed by atoms with E-state index >= 15 is 0 Å². The molecule has 2 aromatic carbocycles. The predicted molar refractivity (Wildman–Crippen MR) is 133 cm³/mol. The number of imidazole rings is 1. The number of carboxylic acid groups (broad SMARTS) is 1. The Bertz CT molecular complexity index is 1310. The van der Waals surface area contributed by atoms with Crippen LogP contribution in [0.5, 0.6) is 0 Å². The van der Waals surface area contributed by atoms with Crippen molar-refractivity contribution in [2.45, 2.75) is 70.2 Å². The second kappa shape index (κ2) is 13.6. The second-order valence-electron chi connectivity index (χ2n) is 9.78. The van der Waals surface area contributed by atoms with Crippen molar-refractivity contribution in [1.82, 2.24) is 14.9 Å². The van der Waals surface area contributed by atoms with E-state index < -0.39 is 36.3 Å². The van der Waals surface area contributed by atoms with Gasteiger partial charge in [-0.2, -0.15) is 0 Å². The summed E-state index contributed by atoms with van der Waals surface area (Å²) in [6.07, 6.45) is -1.11. The Morgan fingerprint density at radius 2 is 1.82 bits per heavy atom. The fourth-order valence-corrected chi connectivity index (χ4v) is 4.45. The topological polar surface area (TPSA) is 128 Å². The zero-order valence-electron chi connectivity index (χ0n) is 22.0. The molecule has 3 N–H and O–H groups in total. The molecule has 1 heterocycles. The average Bonchev–Trinajstić information content (AvgIpc) is 3.63. The Labute approximate surface area is 247 Å². The normalized spacial score (nSPS) is 14.4. The molecule has 202 valence electrons. The van der Waals surface area contributed by atoms with E-state index in [2.05, 4.69) is 10.3 Å². The number of carbonyl (C=O) groups excluding carboxylic acids is 2. The Morgan fingerprint density at radius 3 is 2.44 bits per heavy atom. The molecule has 1 aliphatic rings. The van der Waals surface area contributed by atoms with E-state index in [1.807, 2.05) is 4.57 Å². The Balaban J connectivity index is 0.00000420. The number of rotatable bonds is 12. The van der Waals surface area contributed by atoms with E-state index in [-0.39, 0.29) is 72.9 Å². The summed E-state index contributed by atoms with van der Waals surface area (Å²) in [7, 11) is 0. The Kier molecular flexibility index (Phi) is 10.8. The van der Waals surface area contributed by atoms with Gasteiger partial charge in [-0.15, -0.1) is 0 Å². The monoisotopic (exact) mass is 549 g/mol. The van der Waals surface area contributed by atoms with Crippen molar-refractivity contribution in [2.24, 2.45) is 0 Å². The first-order valence-electron chi connectivity index (χ1n) is 12.6. The van der Waals surface area contributed by atoms with Gasteiger partial charge in [0.1, 0.15) is 23.2 Å². The van der Waals surface area contributed by atoms with Gasteiger partial charge in [0.15, 0.2) is 0 Å². The van der Waals surface area contributed by atoms with Gasteiger partial charge in [0.2, 0.25) is 0 Å². The van der Waals surface area contributed by atoms with E-state index in [1.54, 1.807) is 31.2 Å². The van der Waals surface area contributed by atoms with Gasteiger partial charge < -0.3 is 30.0 Å². The van der Waals surface area contributed by atoms with Gasteiger partial charge in [-0.25, -0.2) is 13.8 Å². The van der Waals surface area contributed by atoms with Crippen molar-refractivity contribution >= 4 is 11.9 Å². The average molecular weight is 550 g/mol. The zero-order chi connectivity index (χ0) is 27.4. The predicted octanol–water partition coefficient (Wildman–Crippen LogP) is -0.410. The van der Waals surface area contributed by atoms with Crippen molar-refractivity contribution in [2.75, 3.05) is 0 Å². The molecule has 0 unspecified atom stereocenters. The first kappa shape index (κ1) is 30.9. The number of halogens is 2. The van der Waals surface area contributed by atoms with Crippen LogP contribution in [-0.2, 0) is 17.9 Å². The van der Waals surface area contributed by atoms with Gasteiger partial charge in [-0.05, 0) is 74.1 Å². The molecule has 2 atom stereocenters. The molecule has 4 rings (SSSR count). The molecule has 3 aromatic rings. The van der Waals surface area contributed by atoms with Crippen molar-refractivity contribution in [3.63, 3.8) is 0 Å². The number of aryl methyl sites for hydroxylation is 1. The maximum atomic E-state index is 13.9. The van der Waals surface area contributed by atoms with Gasteiger partial charge in [0.05, 0.1) is 17.9 Å². The molecule has 1 aromatic heterocycles. The number of aliphatic carboxylic acids is 1. The van der Waals surface area contributed by atoms with Crippen LogP contribution >= 0.6 is 0 Å². The van der Waals surface area contributed by atoms with E-state index in [1.165, 1.54) is 18.2 Å². The van der Waals surface area contributed by atoms with Crippen LogP contribution in [0.1, 0.15) is 65.3 Å². The van der Waals surface area contributed by atoms with Crippen LogP contribution in [0.4, 0.5) is 8.78 Å². The molecule has 11 heteroatoms. The van der Waals surface area contributed by atoms with E-state index in [0.29, 0.717) is 28.2 Å². The fraction of sp³-hybridized carbons (Fsp3) is 0.393. The van der Waals surface area contributed by atoms with Gasteiger partial charge >= 0.3 is 29.6 Å². The van der Waals surface area contributed by atoms with Gasteiger partial charge in [0, 0.05) is 37.0 Å². The largest absolute Gasteiger partial charge is 1.00 e. The molecular formula is C28H30F2N3NaO5. The van der Waals surface area contributed by atoms with Crippen LogP contribution in [0, 0.1) is 18.6 Å². The first-order chi connectivity index (χ1) is 18.1. The number of hydrogen-bond acceptors (Lipinski definition) is 6. The Morgan fingerprint density at radius 1 is 1.13 bits per heavy atom. The summed E-state index contributed by atoms with van der Waals surface area (Å²) < 4.78 is 29.4. The number of aromatic nitrogens is 2. The molecule has 0 radical (unpaired) electrons. The minimum atomic E-state index is -1.40. The molecule has 39 heavy (non-hydrogen) atoms. The standard InChI is InChI=1S/C28H31F2N3O5.Na/c1-16-2-3-17(12-23(16)30)15-31-28(38)25-26(18-4-5-18)33(11-10-21(34)13-22(35)14-24(36)37)27(32-25)19-6-8-20(29)9-7-19;/h2-3,6-9,12,18,21-22,34-35H,4-5,10-11,13-15H2,1H3,(H,31,38)(H,36,37);/q;+1/p-1/t21-,22-;/m1./s1. The molecule has 1 saturated carbocycles. The SMILES string of the molecule is Cc1ccc(CNC(=O)c2nc(-c3ccc(F)cc3)n(CC[C@@H](O)C[C@@H](O)CC(=O)[O-])c2C2CC2)cc1F.[Na+]. The summed E-state index contributed by atoms with van der Waals surface area (Å²) in [4.78, 5) is 28.6.